The van der Waals surface area contributed by atoms with Gasteiger partial charge >= 0.3 is 6.09 Å². The van der Waals surface area contributed by atoms with E-state index in [1.807, 2.05) is 52.0 Å². The summed E-state index contributed by atoms with van der Waals surface area (Å²) in [6.07, 6.45) is -0.584. The van der Waals surface area contributed by atoms with Gasteiger partial charge in [0, 0.05) is 0 Å². The molecule has 134 valence electrons. The lowest BCUT2D eigenvalue weighted by molar-refractivity contribution is -0.124. The second-order valence-corrected chi connectivity index (χ2v) is 7.51. The second-order valence-electron chi connectivity index (χ2n) is 7.51. The van der Waals surface area contributed by atoms with Gasteiger partial charge in [0.1, 0.15) is 11.6 Å². The van der Waals surface area contributed by atoms with Gasteiger partial charge in [-0.1, -0.05) is 43.7 Å². The highest BCUT2D eigenvalue weighted by Gasteiger charge is 2.27. The summed E-state index contributed by atoms with van der Waals surface area (Å²) in [6.45, 7) is 13.1. The molecule has 1 aromatic rings. The van der Waals surface area contributed by atoms with Crippen molar-refractivity contribution in [2.24, 2.45) is 5.92 Å². The predicted molar refractivity (Wildman–Crippen MR) is 95.7 cm³/mol. The Balaban J connectivity index is 2.72. The van der Waals surface area contributed by atoms with E-state index in [0.29, 0.717) is 0 Å². The number of carbonyl (C=O) groups excluding carboxylic acids is 2. The molecule has 0 spiro atoms. The molecule has 24 heavy (non-hydrogen) atoms. The fourth-order valence-corrected chi connectivity index (χ4v) is 2.21. The molecule has 0 bridgehead atoms. The number of hydrogen-bond acceptors (Lipinski definition) is 3. The quantitative estimate of drug-likeness (QED) is 0.862. The van der Waals surface area contributed by atoms with Crippen LogP contribution in [0.15, 0.2) is 24.3 Å². The largest absolute Gasteiger partial charge is 0.444 e. The van der Waals surface area contributed by atoms with Crippen LogP contribution in [0.2, 0.25) is 0 Å². The molecule has 5 nitrogen and oxygen atoms in total. The summed E-state index contributed by atoms with van der Waals surface area (Å²) in [5.41, 5.74) is 1.59. The average molecular weight is 334 g/mol. The van der Waals surface area contributed by atoms with E-state index >= 15 is 0 Å². The van der Waals surface area contributed by atoms with Gasteiger partial charge in [-0.15, -0.1) is 0 Å². The zero-order valence-electron chi connectivity index (χ0n) is 15.8. The van der Waals surface area contributed by atoms with Crippen molar-refractivity contribution in [3.63, 3.8) is 0 Å². The van der Waals surface area contributed by atoms with Crippen LogP contribution in [-0.4, -0.2) is 23.6 Å². The fraction of sp³-hybridized carbons (Fsp3) is 0.579. The number of hydrogen-bond donors (Lipinski definition) is 2. The van der Waals surface area contributed by atoms with Crippen LogP contribution in [0.4, 0.5) is 4.79 Å². The third kappa shape index (κ3) is 6.60. The molecular weight excluding hydrogens is 304 g/mol. The number of amides is 2. The highest BCUT2D eigenvalue weighted by atomic mass is 16.6. The lowest BCUT2D eigenvalue weighted by Gasteiger charge is -2.26. The molecule has 0 aliphatic carbocycles. The second kappa shape index (κ2) is 8.18. The Morgan fingerprint density at radius 2 is 1.54 bits per heavy atom. The predicted octanol–water partition coefficient (Wildman–Crippen LogP) is 3.72. The summed E-state index contributed by atoms with van der Waals surface area (Å²) in [4.78, 5) is 24.5. The molecular formula is C19H30N2O3. The molecule has 2 atom stereocenters. The number of carbonyl (C=O) groups is 2. The third-order valence-corrected chi connectivity index (χ3v) is 3.56. The lowest BCUT2D eigenvalue weighted by atomic mass is 10.0. The molecule has 0 heterocycles. The Labute approximate surface area is 145 Å². The van der Waals surface area contributed by atoms with E-state index in [2.05, 4.69) is 10.6 Å². The monoisotopic (exact) mass is 334 g/mol. The first-order chi connectivity index (χ1) is 11.0. The molecule has 1 aromatic carbocycles. The highest BCUT2D eigenvalue weighted by molar-refractivity contribution is 5.86. The molecule has 5 heteroatoms. The summed E-state index contributed by atoms with van der Waals surface area (Å²) in [5, 5.41) is 5.62. The minimum atomic E-state index is -0.646. The Bertz CT molecular complexity index is 559. The van der Waals surface area contributed by atoms with Crippen molar-refractivity contribution in [3.05, 3.63) is 35.4 Å². The first-order valence-corrected chi connectivity index (χ1v) is 8.36. The standard InChI is InChI=1S/C19H30N2O3/c1-12(2)16(21-18(23)24-19(5,6)7)17(22)20-14(4)15-10-8-13(3)9-11-15/h8-12,14,16H,1-7H3,(H,20,22)(H,21,23)/t14?,16-/m0/s1. The summed E-state index contributed by atoms with van der Waals surface area (Å²) in [6, 6.07) is 7.22. The van der Waals surface area contributed by atoms with Gasteiger partial charge in [-0.05, 0) is 46.1 Å². The molecule has 0 aliphatic heterocycles. The summed E-state index contributed by atoms with van der Waals surface area (Å²) < 4.78 is 5.24. The van der Waals surface area contributed by atoms with Crippen molar-refractivity contribution in [3.8, 4) is 0 Å². The molecule has 0 aliphatic rings. The van der Waals surface area contributed by atoms with Crippen LogP contribution in [0, 0.1) is 12.8 Å². The Morgan fingerprint density at radius 3 is 2.00 bits per heavy atom. The van der Waals surface area contributed by atoms with E-state index in [1.165, 1.54) is 5.56 Å². The minimum Gasteiger partial charge on any atom is -0.444 e. The molecule has 1 unspecified atom stereocenters. The summed E-state index contributed by atoms with van der Waals surface area (Å²) in [7, 11) is 0. The molecule has 0 aromatic heterocycles. The van der Waals surface area contributed by atoms with Crippen LogP contribution in [-0.2, 0) is 9.53 Å². The van der Waals surface area contributed by atoms with Crippen molar-refractivity contribution in [1.29, 1.82) is 0 Å². The summed E-state index contributed by atoms with van der Waals surface area (Å²) in [5.74, 6) is -0.272. The minimum absolute atomic E-state index is 0.0530. The van der Waals surface area contributed by atoms with Gasteiger partial charge in [-0.25, -0.2) is 4.79 Å². The smallest absolute Gasteiger partial charge is 0.408 e. The average Bonchev–Trinajstić information content (AvgIpc) is 2.43. The van der Waals surface area contributed by atoms with Crippen molar-refractivity contribution >= 4 is 12.0 Å². The van der Waals surface area contributed by atoms with E-state index in [4.69, 9.17) is 4.74 Å². The molecule has 0 fully saturated rings. The van der Waals surface area contributed by atoms with Crippen LogP contribution in [0.1, 0.15) is 58.7 Å². The molecule has 2 N–H and O–H groups in total. The molecule has 0 saturated heterocycles. The first kappa shape index (κ1) is 20.0. The van der Waals surface area contributed by atoms with Crippen LogP contribution in [0.3, 0.4) is 0 Å². The fourth-order valence-electron chi connectivity index (χ4n) is 2.21. The Hall–Kier alpha value is -2.04. The lowest BCUT2D eigenvalue weighted by Crippen LogP contribution is -2.51. The van der Waals surface area contributed by atoms with E-state index in [0.717, 1.165) is 5.56 Å². The van der Waals surface area contributed by atoms with Crippen molar-refractivity contribution in [2.45, 2.75) is 66.2 Å². The van der Waals surface area contributed by atoms with Crippen LogP contribution >= 0.6 is 0 Å². The number of benzene rings is 1. The SMILES string of the molecule is Cc1ccc(C(C)NC(=O)[C@@H](NC(=O)OC(C)(C)C)C(C)C)cc1. The summed E-state index contributed by atoms with van der Waals surface area (Å²) >= 11 is 0. The van der Waals surface area contributed by atoms with E-state index in [1.54, 1.807) is 20.8 Å². The van der Waals surface area contributed by atoms with Gasteiger partial charge < -0.3 is 15.4 Å². The maximum atomic E-state index is 12.6. The number of nitrogens with one attached hydrogen (secondary N) is 2. The van der Waals surface area contributed by atoms with Gasteiger partial charge in [0.15, 0.2) is 0 Å². The van der Waals surface area contributed by atoms with Crippen LogP contribution in [0.5, 0.6) is 0 Å². The number of rotatable bonds is 5. The van der Waals surface area contributed by atoms with Gasteiger partial charge in [-0.2, -0.15) is 0 Å². The van der Waals surface area contributed by atoms with Crippen LogP contribution < -0.4 is 10.6 Å². The van der Waals surface area contributed by atoms with Crippen LogP contribution in [0.25, 0.3) is 0 Å². The van der Waals surface area contributed by atoms with Gasteiger partial charge in [-0.3, -0.25) is 4.79 Å². The van der Waals surface area contributed by atoms with Crippen molar-refractivity contribution < 1.29 is 14.3 Å². The maximum absolute atomic E-state index is 12.6. The van der Waals surface area contributed by atoms with Crippen molar-refractivity contribution in [2.75, 3.05) is 0 Å². The number of aryl methyl sites for hydroxylation is 1. The zero-order valence-corrected chi connectivity index (χ0v) is 15.8. The number of alkyl carbamates (subject to hydrolysis) is 1. The van der Waals surface area contributed by atoms with Crippen molar-refractivity contribution in [1.82, 2.24) is 10.6 Å². The molecule has 2 amide bonds. The zero-order chi connectivity index (χ0) is 18.5. The topological polar surface area (TPSA) is 67.4 Å². The van der Waals surface area contributed by atoms with E-state index in [-0.39, 0.29) is 17.9 Å². The highest BCUT2D eigenvalue weighted by Crippen LogP contribution is 2.14. The van der Waals surface area contributed by atoms with E-state index in [9.17, 15) is 9.59 Å². The normalized spacial score (nSPS) is 14.0. The Kier molecular flexibility index (Phi) is 6.81. The molecule has 0 radical (unpaired) electrons. The molecule has 1 rings (SSSR count). The van der Waals surface area contributed by atoms with Gasteiger partial charge in [0.05, 0.1) is 6.04 Å². The van der Waals surface area contributed by atoms with E-state index < -0.39 is 17.7 Å². The van der Waals surface area contributed by atoms with Gasteiger partial charge in [0.2, 0.25) is 5.91 Å². The number of ether oxygens (including phenoxy) is 1. The maximum Gasteiger partial charge on any atom is 0.408 e. The Morgan fingerprint density at radius 1 is 1.00 bits per heavy atom. The molecule has 0 saturated carbocycles. The third-order valence-electron chi connectivity index (χ3n) is 3.56. The first-order valence-electron chi connectivity index (χ1n) is 8.36. The van der Waals surface area contributed by atoms with Gasteiger partial charge in [0.25, 0.3) is 0 Å².